The molecule has 6 heteroatoms. The monoisotopic (exact) mass is 674 g/mol. The predicted octanol–water partition coefficient (Wildman–Crippen LogP) is 13.1. The quantitative estimate of drug-likeness (QED) is 0.0590. The van der Waals surface area contributed by atoms with Crippen molar-refractivity contribution in [2.75, 3.05) is 13.2 Å². The van der Waals surface area contributed by atoms with Crippen molar-refractivity contribution in [3.05, 3.63) is 34.0 Å². The normalized spacial score (nSPS) is 11.3. The predicted molar refractivity (Wildman–Crippen MR) is 199 cm³/mol. The molecule has 2 aromatic rings. The van der Waals surface area contributed by atoms with Gasteiger partial charge in [0.1, 0.15) is 0 Å². The van der Waals surface area contributed by atoms with E-state index in [1.165, 1.54) is 112 Å². The SMILES string of the molecule is CCCCCC(=O)OCCCCCCCCCCc1ccsc1-c1sccc1CCCCCCCCCCOC(=O)CCCCC. The molecule has 46 heavy (non-hydrogen) atoms. The average molecular weight is 675 g/mol. The first-order chi connectivity index (χ1) is 22.7. The largest absolute Gasteiger partial charge is 0.466 e. The van der Waals surface area contributed by atoms with Gasteiger partial charge in [0.15, 0.2) is 0 Å². The Balaban J connectivity index is 1.47. The summed E-state index contributed by atoms with van der Waals surface area (Å²) in [6.07, 6.45) is 29.9. The third-order valence-electron chi connectivity index (χ3n) is 8.88. The molecule has 0 radical (unpaired) electrons. The molecule has 0 spiro atoms. The molecule has 4 nitrogen and oxygen atoms in total. The van der Waals surface area contributed by atoms with E-state index in [4.69, 9.17) is 9.47 Å². The Morgan fingerprint density at radius 1 is 0.478 bits per heavy atom. The third kappa shape index (κ3) is 19.9. The summed E-state index contributed by atoms with van der Waals surface area (Å²) in [7, 11) is 0. The molecule has 2 aromatic heterocycles. The first kappa shape index (κ1) is 40.5. The van der Waals surface area contributed by atoms with Crippen LogP contribution < -0.4 is 0 Å². The van der Waals surface area contributed by atoms with E-state index in [2.05, 4.69) is 36.7 Å². The number of carbonyl (C=O) groups excluding carboxylic acids is 2. The molecule has 0 amide bonds. The Labute approximate surface area is 290 Å². The molecular weight excluding hydrogens is 609 g/mol. The number of rotatable bonds is 31. The summed E-state index contributed by atoms with van der Waals surface area (Å²) in [6, 6.07) is 4.72. The van der Waals surface area contributed by atoms with Crippen LogP contribution in [0.3, 0.4) is 0 Å². The van der Waals surface area contributed by atoms with Crippen LogP contribution in [0.25, 0.3) is 9.75 Å². The zero-order chi connectivity index (χ0) is 32.9. The van der Waals surface area contributed by atoms with Crippen LogP contribution in [-0.2, 0) is 31.9 Å². The first-order valence-electron chi connectivity index (χ1n) is 19.1. The maximum Gasteiger partial charge on any atom is 0.305 e. The van der Waals surface area contributed by atoms with E-state index in [9.17, 15) is 9.59 Å². The Hall–Kier alpha value is -1.66. The van der Waals surface area contributed by atoms with Crippen LogP contribution in [0.4, 0.5) is 0 Å². The minimum absolute atomic E-state index is 0.0160. The van der Waals surface area contributed by atoms with Crippen LogP contribution in [0.15, 0.2) is 22.9 Å². The topological polar surface area (TPSA) is 52.6 Å². The van der Waals surface area contributed by atoms with Gasteiger partial charge >= 0.3 is 11.9 Å². The Kier molecular flexibility index (Phi) is 25.0. The van der Waals surface area contributed by atoms with E-state index in [-0.39, 0.29) is 11.9 Å². The van der Waals surface area contributed by atoms with Gasteiger partial charge in [-0.3, -0.25) is 9.59 Å². The number of unbranched alkanes of at least 4 members (excludes halogenated alkanes) is 18. The maximum absolute atomic E-state index is 11.7. The molecule has 2 heterocycles. The van der Waals surface area contributed by atoms with Crippen molar-refractivity contribution in [2.45, 2.75) is 181 Å². The first-order valence-corrected chi connectivity index (χ1v) is 20.9. The van der Waals surface area contributed by atoms with Crippen molar-refractivity contribution >= 4 is 34.6 Å². The molecule has 0 aliphatic heterocycles. The number of esters is 2. The Morgan fingerprint density at radius 2 is 0.826 bits per heavy atom. The van der Waals surface area contributed by atoms with Gasteiger partial charge in [-0.15, -0.1) is 22.7 Å². The van der Waals surface area contributed by atoms with Crippen LogP contribution >= 0.6 is 22.7 Å². The molecule has 0 saturated carbocycles. The van der Waals surface area contributed by atoms with E-state index in [0.717, 1.165) is 51.4 Å². The zero-order valence-electron chi connectivity index (χ0n) is 29.6. The number of hydrogen-bond donors (Lipinski definition) is 0. The number of ether oxygens (including phenoxy) is 2. The molecule has 262 valence electrons. The molecule has 0 aliphatic rings. The van der Waals surface area contributed by atoms with Gasteiger partial charge in [-0.1, -0.05) is 117 Å². The van der Waals surface area contributed by atoms with Crippen LogP contribution in [0.2, 0.25) is 0 Å². The van der Waals surface area contributed by atoms with Crippen LogP contribution in [0.1, 0.15) is 179 Å². The van der Waals surface area contributed by atoms with Crippen molar-refractivity contribution in [3.63, 3.8) is 0 Å². The summed E-state index contributed by atoms with van der Waals surface area (Å²) in [5, 5.41) is 4.57. The van der Waals surface area contributed by atoms with Gasteiger partial charge in [0.25, 0.3) is 0 Å². The fourth-order valence-electron chi connectivity index (χ4n) is 5.97. The van der Waals surface area contributed by atoms with Crippen molar-refractivity contribution < 1.29 is 19.1 Å². The molecule has 0 saturated heterocycles. The van der Waals surface area contributed by atoms with E-state index < -0.39 is 0 Å². The summed E-state index contributed by atoms with van der Waals surface area (Å²) >= 11 is 3.85. The second kappa shape index (κ2) is 28.4. The zero-order valence-corrected chi connectivity index (χ0v) is 31.2. The van der Waals surface area contributed by atoms with Gasteiger partial charge in [-0.25, -0.2) is 0 Å². The number of hydrogen-bond acceptors (Lipinski definition) is 6. The van der Waals surface area contributed by atoms with Gasteiger partial charge in [-0.2, -0.15) is 0 Å². The number of thiophene rings is 2. The summed E-state index contributed by atoms with van der Waals surface area (Å²) in [5.41, 5.74) is 3.09. The van der Waals surface area contributed by atoms with Gasteiger partial charge in [0, 0.05) is 22.6 Å². The third-order valence-corrected chi connectivity index (χ3v) is 11.0. The Bertz CT molecular complexity index is 930. The summed E-state index contributed by atoms with van der Waals surface area (Å²) in [6.45, 7) is 5.51. The van der Waals surface area contributed by atoms with Gasteiger partial charge in [0.05, 0.1) is 13.2 Å². The van der Waals surface area contributed by atoms with Gasteiger partial charge in [-0.05, 0) is 85.4 Å². The molecule has 0 atom stereocenters. The Morgan fingerprint density at radius 3 is 1.20 bits per heavy atom. The summed E-state index contributed by atoms with van der Waals surface area (Å²) < 4.78 is 10.7. The molecule has 0 aliphatic carbocycles. The molecule has 0 bridgehead atoms. The van der Waals surface area contributed by atoms with Crippen molar-refractivity contribution in [3.8, 4) is 9.75 Å². The average Bonchev–Trinajstić information content (AvgIpc) is 3.72. The lowest BCUT2D eigenvalue weighted by Crippen LogP contribution is -2.05. The van der Waals surface area contributed by atoms with E-state index >= 15 is 0 Å². The van der Waals surface area contributed by atoms with E-state index in [0.29, 0.717) is 26.1 Å². The smallest absolute Gasteiger partial charge is 0.305 e. The highest BCUT2D eigenvalue weighted by atomic mass is 32.1. The molecular formula is C40H66O4S2. The lowest BCUT2D eigenvalue weighted by Gasteiger charge is -2.07. The van der Waals surface area contributed by atoms with Gasteiger partial charge in [0.2, 0.25) is 0 Å². The minimum Gasteiger partial charge on any atom is -0.466 e. The van der Waals surface area contributed by atoms with Crippen LogP contribution in [-0.4, -0.2) is 25.2 Å². The summed E-state index contributed by atoms with van der Waals surface area (Å²) in [4.78, 5) is 26.3. The van der Waals surface area contributed by atoms with E-state index in [1.807, 2.05) is 22.7 Å². The maximum atomic E-state index is 11.7. The lowest BCUT2D eigenvalue weighted by molar-refractivity contribution is -0.144. The lowest BCUT2D eigenvalue weighted by atomic mass is 10.0. The van der Waals surface area contributed by atoms with Gasteiger partial charge < -0.3 is 9.47 Å². The highest BCUT2D eigenvalue weighted by Gasteiger charge is 2.13. The molecule has 0 unspecified atom stereocenters. The second-order valence-electron chi connectivity index (χ2n) is 13.1. The van der Waals surface area contributed by atoms with Crippen molar-refractivity contribution in [2.24, 2.45) is 0 Å². The molecule has 0 N–H and O–H groups in total. The number of aryl methyl sites for hydroxylation is 2. The van der Waals surface area contributed by atoms with E-state index in [1.54, 1.807) is 11.1 Å². The molecule has 0 aromatic carbocycles. The fourth-order valence-corrected chi connectivity index (χ4v) is 8.12. The van der Waals surface area contributed by atoms with Crippen molar-refractivity contribution in [1.29, 1.82) is 0 Å². The van der Waals surface area contributed by atoms with Crippen LogP contribution in [0.5, 0.6) is 0 Å². The van der Waals surface area contributed by atoms with Crippen LogP contribution in [0, 0.1) is 0 Å². The summed E-state index contributed by atoms with van der Waals surface area (Å²) in [5.74, 6) is -0.0320. The molecule has 2 rings (SSSR count). The number of carbonyl (C=O) groups is 2. The molecule has 0 fully saturated rings. The standard InChI is InChI=1S/C40H66O4S2/c1-3-5-19-27-37(41)43-31-23-17-13-9-7-11-15-21-25-35-29-33-45-39(35)40-36(30-34-46-40)26-22-16-12-8-10-14-18-24-32-44-38(42)28-20-6-4-2/h29-30,33-34H,3-28,31-32H2,1-2H3. The second-order valence-corrected chi connectivity index (χ2v) is 14.9. The highest BCUT2D eigenvalue weighted by Crippen LogP contribution is 2.37. The highest BCUT2D eigenvalue weighted by molar-refractivity contribution is 7.20. The fraction of sp³-hybridized carbons (Fsp3) is 0.750. The minimum atomic E-state index is -0.0160. The van der Waals surface area contributed by atoms with Crippen molar-refractivity contribution in [1.82, 2.24) is 0 Å².